The first kappa shape index (κ1) is 20.0. The van der Waals surface area contributed by atoms with Crippen molar-refractivity contribution in [3.05, 3.63) is 35.8 Å². The highest BCUT2D eigenvalue weighted by atomic mass is 16.7. The zero-order chi connectivity index (χ0) is 20.5. The predicted octanol–water partition coefficient (Wildman–Crippen LogP) is 3.69. The maximum Gasteiger partial charge on any atom is 0.338 e. The fraction of sp³-hybridized carbons (Fsp3) is 0.524. The highest BCUT2D eigenvalue weighted by molar-refractivity contribution is 6.04. The minimum atomic E-state index is -0.990. The largest absolute Gasteiger partial charge is 0.476 e. The molecule has 0 atom stereocenters. The van der Waals surface area contributed by atoms with Crippen molar-refractivity contribution in [3.8, 4) is 5.75 Å². The number of ether oxygens (including phenoxy) is 4. The summed E-state index contributed by atoms with van der Waals surface area (Å²) >= 11 is 0. The summed E-state index contributed by atoms with van der Waals surface area (Å²) in [7, 11) is 1.34. The molecule has 0 radical (unpaired) electrons. The molecule has 0 aromatic heterocycles. The van der Waals surface area contributed by atoms with Gasteiger partial charge in [-0.3, -0.25) is 4.79 Å². The number of fused-ring (bicyclic) bond motifs is 1. The molecule has 2 aliphatic rings. The number of aryl methyl sites for hydroxylation is 1. The van der Waals surface area contributed by atoms with Crippen molar-refractivity contribution < 1.29 is 28.5 Å². The van der Waals surface area contributed by atoms with Crippen molar-refractivity contribution in [1.29, 1.82) is 0 Å². The molecule has 1 amide bonds. The normalized spacial score (nSPS) is 18.8. The molecule has 0 spiro atoms. The lowest BCUT2D eigenvalue weighted by Gasteiger charge is -2.39. The van der Waals surface area contributed by atoms with Gasteiger partial charge < -0.3 is 23.8 Å². The number of anilines is 1. The Morgan fingerprint density at radius 1 is 1.21 bits per heavy atom. The molecule has 0 saturated carbocycles. The lowest BCUT2D eigenvalue weighted by atomic mass is 9.99. The first-order valence-corrected chi connectivity index (χ1v) is 9.47. The van der Waals surface area contributed by atoms with Crippen LogP contribution in [0.2, 0.25) is 0 Å². The van der Waals surface area contributed by atoms with E-state index < -0.39 is 17.4 Å². The van der Waals surface area contributed by atoms with E-state index in [9.17, 15) is 9.59 Å². The van der Waals surface area contributed by atoms with Gasteiger partial charge in [-0.25, -0.2) is 4.79 Å². The minimum absolute atomic E-state index is 0.156. The summed E-state index contributed by atoms with van der Waals surface area (Å²) in [5.74, 6) is -0.689. The lowest BCUT2D eigenvalue weighted by Crippen LogP contribution is -2.53. The summed E-state index contributed by atoms with van der Waals surface area (Å²) in [6, 6.07) is 3.45. The Kier molecular flexibility index (Phi) is 5.28. The van der Waals surface area contributed by atoms with Crippen LogP contribution < -0.4 is 9.64 Å². The molecule has 0 saturated heterocycles. The van der Waals surface area contributed by atoms with Crippen LogP contribution in [0.15, 0.2) is 24.7 Å². The van der Waals surface area contributed by atoms with Gasteiger partial charge in [0.2, 0.25) is 5.79 Å². The number of amides is 1. The van der Waals surface area contributed by atoms with Gasteiger partial charge in [-0.15, -0.1) is 0 Å². The number of methoxy groups -OCH3 is 1. The summed E-state index contributed by atoms with van der Waals surface area (Å²) in [5.41, 5.74) is 0.738. The van der Waals surface area contributed by atoms with E-state index in [0.29, 0.717) is 42.8 Å². The molecule has 152 valence electrons. The number of nitrogens with zero attached hydrogens (tertiary/aromatic N) is 1. The smallest absolute Gasteiger partial charge is 0.338 e. The van der Waals surface area contributed by atoms with E-state index in [4.69, 9.17) is 18.9 Å². The van der Waals surface area contributed by atoms with E-state index in [2.05, 4.69) is 0 Å². The van der Waals surface area contributed by atoms with E-state index in [0.717, 1.165) is 5.56 Å². The molecule has 0 aliphatic carbocycles. The van der Waals surface area contributed by atoms with Gasteiger partial charge in [0.15, 0.2) is 5.60 Å². The minimum Gasteiger partial charge on any atom is -0.476 e. The highest BCUT2D eigenvalue weighted by Gasteiger charge is 2.42. The van der Waals surface area contributed by atoms with E-state index in [-0.39, 0.29) is 5.91 Å². The lowest BCUT2D eigenvalue weighted by molar-refractivity contribution is -0.149. The molecule has 7 nitrogen and oxygen atoms in total. The maximum atomic E-state index is 13.0. The van der Waals surface area contributed by atoms with Crippen molar-refractivity contribution in [3.63, 3.8) is 0 Å². The van der Waals surface area contributed by atoms with E-state index in [1.54, 1.807) is 43.4 Å². The van der Waals surface area contributed by atoms with E-state index >= 15 is 0 Å². The fourth-order valence-electron chi connectivity index (χ4n) is 3.57. The van der Waals surface area contributed by atoms with Crippen LogP contribution in [0.25, 0.3) is 0 Å². The van der Waals surface area contributed by atoms with E-state index in [1.165, 1.54) is 7.11 Å². The molecule has 7 heteroatoms. The predicted molar refractivity (Wildman–Crippen MR) is 103 cm³/mol. The Labute approximate surface area is 165 Å². The average Bonchev–Trinajstić information content (AvgIpc) is 3.13. The molecule has 1 aromatic carbocycles. The monoisotopic (exact) mass is 389 g/mol. The van der Waals surface area contributed by atoms with Crippen LogP contribution >= 0.6 is 0 Å². The second-order valence-electron chi connectivity index (χ2n) is 7.57. The van der Waals surface area contributed by atoms with Gasteiger partial charge in [0.05, 0.1) is 18.4 Å². The summed E-state index contributed by atoms with van der Waals surface area (Å²) in [4.78, 5) is 26.8. The zero-order valence-corrected chi connectivity index (χ0v) is 17.0. The van der Waals surface area contributed by atoms with Crippen molar-refractivity contribution in [2.24, 2.45) is 0 Å². The molecule has 3 rings (SSSR count). The molecular weight excluding hydrogens is 362 g/mol. The number of benzene rings is 1. The third-order valence-corrected chi connectivity index (χ3v) is 5.23. The Morgan fingerprint density at radius 3 is 2.50 bits per heavy atom. The standard InChI is InChI=1S/C21H27NO6/c1-6-21(26-10-11-27-21)8-7-9-22-16-13-15(18(23)25-5)14(2)12-17(16)28-20(3,4)19(22)24/h10-13H,6-9H2,1-5H3. The van der Waals surface area contributed by atoms with Crippen LogP contribution in [0.3, 0.4) is 0 Å². The third-order valence-electron chi connectivity index (χ3n) is 5.23. The second kappa shape index (κ2) is 7.37. The molecule has 0 unspecified atom stereocenters. The first-order chi connectivity index (χ1) is 13.2. The van der Waals surface area contributed by atoms with Gasteiger partial charge in [-0.1, -0.05) is 6.92 Å². The van der Waals surface area contributed by atoms with Gasteiger partial charge in [-0.05, 0) is 44.9 Å². The van der Waals surface area contributed by atoms with Gasteiger partial charge in [0.25, 0.3) is 5.91 Å². The highest BCUT2D eigenvalue weighted by Crippen LogP contribution is 2.40. The molecule has 0 bridgehead atoms. The number of hydrogen-bond acceptors (Lipinski definition) is 6. The topological polar surface area (TPSA) is 74.3 Å². The van der Waals surface area contributed by atoms with E-state index in [1.807, 2.05) is 13.8 Å². The number of esters is 1. The quantitative estimate of drug-likeness (QED) is 0.691. The first-order valence-electron chi connectivity index (χ1n) is 9.47. The number of rotatable bonds is 6. The molecule has 0 N–H and O–H groups in total. The maximum absolute atomic E-state index is 13.0. The van der Waals surface area contributed by atoms with Crippen LogP contribution in [-0.4, -0.2) is 36.9 Å². The van der Waals surface area contributed by atoms with Gasteiger partial charge >= 0.3 is 5.97 Å². The molecule has 2 aliphatic heterocycles. The molecular formula is C21H27NO6. The number of hydrogen-bond donors (Lipinski definition) is 0. The van der Waals surface area contributed by atoms with Gasteiger partial charge in [0.1, 0.15) is 18.3 Å². The van der Waals surface area contributed by atoms with Crippen LogP contribution in [-0.2, 0) is 19.0 Å². The molecule has 2 heterocycles. The zero-order valence-electron chi connectivity index (χ0n) is 17.0. The SMILES string of the molecule is CCC1(CCCN2C(=O)C(C)(C)Oc3cc(C)c(C(=O)OC)cc32)OC=CO1. The number of carbonyl (C=O) groups excluding carboxylic acids is 2. The van der Waals surface area contributed by atoms with Gasteiger partial charge in [-0.2, -0.15) is 0 Å². The van der Waals surface area contributed by atoms with Crippen LogP contribution in [0.1, 0.15) is 56.0 Å². The van der Waals surface area contributed by atoms with Crippen molar-refractivity contribution in [2.45, 2.75) is 58.3 Å². The Bertz CT molecular complexity index is 805. The van der Waals surface area contributed by atoms with Gasteiger partial charge in [0, 0.05) is 19.4 Å². The molecule has 28 heavy (non-hydrogen) atoms. The summed E-state index contributed by atoms with van der Waals surface area (Å²) in [6.45, 7) is 7.76. The summed E-state index contributed by atoms with van der Waals surface area (Å²) < 4.78 is 22.0. The van der Waals surface area contributed by atoms with Crippen LogP contribution in [0.4, 0.5) is 5.69 Å². The van der Waals surface area contributed by atoms with Crippen molar-refractivity contribution in [2.75, 3.05) is 18.6 Å². The Hall–Kier alpha value is -2.70. The van der Waals surface area contributed by atoms with Crippen molar-refractivity contribution in [1.82, 2.24) is 0 Å². The van der Waals surface area contributed by atoms with Crippen LogP contribution in [0, 0.1) is 6.92 Å². The number of carbonyl (C=O) groups is 2. The Morgan fingerprint density at radius 2 is 1.89 bits per heavy atom. The van der Waals surface area contributed by atoms with Crippen molar-refractivity contribution >= 4 is 17.6 Å². The summed E-state index contributed by atoms with van der Waals surface area (Å²) in [6.07, 6.45) is 5.09. The third kappa shape index (κ3) is 3.53. The van der Waals surface area contributed by atoms with Crippen LogP contribution in [0.5, 0.6) is 5.75 Å². The molecule has 0 fully saturated rings. The second-order valence-corrected chi connectivity index (χ2v) is 7.57. The summed E-state index contributed by atoms with van der Waals surface area (Å²) in [5, 5.41) is 0. The average molecular weight is 389 g/mol. The Balaban J connectivity index is 1.87. The fourth-order valence-corrected chi connectivity index (χ4v) is 3.57. The molecule has 1 aromatic rings.